The van der Waals surface area contributed by atoms with Crippen LogP contribution in [0.1, 0.15) is 0 Å². The number of rotatable bonds is 3. The molecule has 2 aromatic carbocycles. The number of aromatic nitrogens is 5. The number of hydrogen-bond acceptors (Lipinski definition) is 4. The van der Waals surface area contributed by atoms with Crippen LogP contribution in [0, 0.1) is 0 Å². The average molecular weight is 469 g/mol. The van der Waals surface area contributed by atoms with Crippen molar-refractivity contribution in [1.82, 2.24) is 24.5 Å². The summed E-state index contributed by atoms with van der Waals surface area (Å²) in [6.07, 6.45) is 3.30. The lowest BCUT2D eigenvalue weighted by Crippen LogP contribution is -2.13. The Bertz CT molecular complexity index is 1480. The second-order valence-electron chi connectivity index (χ2n) is 6.69. The Kier molecular flexibility index (Phi) is 4.98. The Labute approximate surface area is 191 Å². The monoisotopic (exact) mass is 467 g/mol. The van der Waals surface area contributed by atoms with Gasteiger partial charge < -0.3 is 4.98 Å². The number of imidazole rings is 1. The molecule has 3 heterocycles. The van der Waals surface area contributed by atoms with Gasteiger partial charge in [0.1, 0.15) is 11.6 Å². The molecule has 5 aromatic rings. The van der Waals surface area contributed by atoms with Crippen molar-refractivity contribution < 1.29 is 0 Å². The van der Waals surface area contributed by atoms with Crippen molar-refractivity contribution in [1.29, 1.82) is 0 Å². The standard InChI is InChI=1S/C22H12Cl3N5O/c23-13-3-1-12(2-4-13)21-28-20-18(30(21)15-7-9-26-10-8-15)22(31)29-19(27-20)16-6-5-14(24)11-17(16)25/h1-11H,(H,27,29,31). The fraction of sp³-hybridized carbons (Fsp3) is 0. The van der Waals surface area contributed by atoms with Gasteiger partial charge in [-0.15, -0.1) is 0 Å². The highest BCUT2D eigenvalue weighted by atomic mass is 35.5. The Balaban J connectivity index is 1.81. The molecule has 0 saturated carbocycles. The predicted octanol–water partition coefficient (Wildman–Crippen LogP) is 5.80. The summed E-state index contributed by atoms with van der Waals surface area (Å²) in [5.74, 6) is 0.858. The van der Waals surface area contributed by atoms with Gasteiger partial charge in [-0.1, -0.05) is 34.8 Å². The van der Waals surface area contributed by atoms with E-state index in [1.54, 1.807) is 59.4 Å². The van der Waals surface area contributed by atoms with E-state index in [0.717, 1.165) is 11.3 Å². The van der Waals surface area contributed by atoms with E-state index in [-0.39, 0.29) is 11.2 Å². The summed E-state index contributed by atoms with van der Waals surface area (Å²) in [5.41, 5.74) is 2.31. The summed E-state index contributed by atoms with van der Waals surface area (Å²) >= 11 is 18.4. The van der Waals surface area contributed by atoms with E-state index in [0.29, 0.717) is 37.8 Å². The number of benzene rings is 2. The molecule has 0 aliphatic carbocycles. The lowest BCUT2D eigenvalue weighted by Gasteiger charge is -2.09. The second kappa shape index (κ2) is 7.81. The molecule has 0 spiro atoms. The van der Waals surface area contributed by atoms with Crippen LogP contribution in [-0.2, 0) is 0 Å². The number of hydrogen-bond donors (Lipinski definition) is 1. The zero-order chi connectivity index (χ0) is 21.5. The van der Waals surface area contributed by atoms with Crippen molar-refractivity contribution in [3.8, 4) is 28.5 Å². The Morgan fingerprint density at radius 3 is 2.26 bits per heavy atom. The van der Waals surface area contributed by atoms with Gasteiger partial charge in [-0.25, -0.2) is 9.97 Å². The summed E-state index contributed by atoms with van der Waals surface area (Å²) in [6, 6.07) is 15.8. The molecule has 0 saturated heterocycles. The predicted molar refractivity (Wildman–Crippen MR) is 123 cm³/mol. The van der Waals surface area contributed by atoms with Crippen LogP contribution in [-0.4, -0.2) is 24.5 Å². The first kappa shape index (κ1) is 19.8. The van der Waals surface area contributed by atoms with E-state index in [4.69, 9.17) is 34.8 Å². The number of pyridine rings is 1. The van der Waals surface area contributed by atoms with Gasteiger partial charge in [-0.3, -0.25) is 14.3 Å². The largest absolute Gasteiger partial charge is 0.305 e. The third-order valence-electron chi connectivity index (χ3n) is 4.73. The maximum Gasteiger partial charge on any atom is 0.277 e. The molecule has 0 bridgehead atoms. The molecule has 5 rings (SSSR count). The highest BCUT2D eigenvalue weighted by Gasteiger charge is 2.20. The molecule has 0 radical (unpaired) electrons. The number of nitrogens with zero attached hydrogens (tertiary/aromatic N) is 4. The maximum absolute atomic E-state index is 13.2. The van der Waals surface area contributed by atoms with E-state index >= 15 is 0 Å². The summed E-state index contributed by atoms with van der Waals surface area (Å²) < 4.78 is 1.75. The number of halogens is 3. The van der Waals surface area contributed by atoms with E-state index < -0.39 is 0 Å². The average Bonchev–Trinajstić information content (AvgIpc) is 3.15. The van der Waals surface area contributed by atoms with Crippen LogP contribution in [0.2, 0.25) is 15.1 Å². The summed E-state index contributed by atoms with van der Waals surface area (Å²) in [7, 11) is 0. The first-order chi connectivity index (χ1) is 15.0. The molecule has 0 amide bonds. The Morgan fingerprint density at radius 2 is 1.55 bits per heavy atom. The molecule has 0 aliphatic heterocycles. The Hall–Kier alpha value is -3.19. The minimum absolute atomic E-state index is 0.284. The molecule has 152 valence electrons. The van der Waals surface area contributed by atoms with E-state index in [1.807, 2.05) is 12.1 Å². The zero-order valence-electron chi connectivity index (χ0n) is 15.7. The van der Waals surface area contributed by atoms with Gasteiger partial charge in [0.2, 0.25) is 0 Å². The highest BCUT2D eigenvalue weighted by Crippen LogP contribution is 2.30. The van der Waals surface area contributed by atoms with E-state index in [2.05, 4.69) is 19.9 Å². The zero-order valence-corrected chi connectivity index (χ0v) is 17.9. The molecule has 0 aliphatic rings. The van der Waals surface area contributed by atoms with Gasteiger partial charge in [-0.05, 0) is 54.6 Å². The van der Waals surface area contributed by atoms with Crippen molar-refractivity contribution in [2.45, 2.75) is 0 Å². The maximum atomic E-state index is 13.2. The molecule has 0 fully saturated rings. The van der Waals surface area contributed by atoms with Crippen molar-refractivity contribution in [2.75, 3.05) is 0 Å². The number of fused-ring (bicyclic) bond motifs is 1. The summed E-state index contributed by atoms with van der Waals surface area (Å²) in [5, 5.41) is 1.47. The van der Waals surface area contributed by atoms with Crippen LogP contribution in [0.25, 0.3) is 39.6 Å². The first-order valence-electron chi connectivity index (χ1n) is 9.16. The van der Waals surface area contributed by atoms with Crippen LogP contribution in [0.5, 0.6) is 0 Å². The Morgan fingerprint density at radius 1 is 0.839 bits per heavy atom. The van der Waals surface area contributed by atoms with Crippen LogP contribution in [0.3, 0.4) is 0 Å². The SMILES string of the molecule is O=c1[nH]c(-c2ccc(Cl)cc2Cl)nc2nc(-c3ccc(Cl)cc3)n(-c3ccncc3)c12. The van der Waals surface area contributed by atoms with Crippen LogP contribution in [0.4, 0.5) is 0 Å². The van der Waals surface area contributed by atoms with Crippen molar-refractivity contribution in [3.63, 3.8) is 0 Å². The molecule has 0 atom stereocenters. The van der Waals surface area contributed by atoms with E-state index in [1.165, 1.54) is 0 Å². The third kappa shape index (κ3) is 3.59. The fourth-order valence-electron chi connectivity index (χ4n) is 3.34. The minimum Gasteiger partial charge on any atom is -0.305 e. The molecule has 0 unspecified atom stereocenters. The van der Waals surface area contributed by atoms with Crippen LogP contribution >= 0.6 is 34.8 Å². The minimum atomic E-state index is -0.351. The fourth-order valence-corrected chi connectivity index (χ4v) is 3.96. The number of H-pyrrole nitrogens is 1. The van der Waals surface area contributed by atoms with Gasteiger partial charge in [0.05, 0.1) is 10.7 Å². The van der Waals surface area contributed by atoms with Crippen molar-refractivity contribution in [2.24, 2.45) is 0 Å². The van der Waals surface area contributed by atoms with Gasteiger partial charge >= 0.3 is 0 Å². The van der Waals surface area contributed by atoms with E-state index in [9.17, 15) is 4.79 Å². The molecular weight excluding hydrogens is 457 g/mol. The second-order valence-corrected chi connectivity index (χ2v) is 7.97. The first-order valence-corrected chi connectivity index (χ1v) is 10.3. The van der Waals surface area contributed by atoms with Gasteiger partial charge in [0.25, 0.3) is 5.56 Å². The number of aromatic amines is 1. The van der Waals surface area contributed by atoms with Gasteiger partial charge in [0.15, 0.2) is 11.2 Å². The molecule has 31 heavy (non-hydrogen) atoms. The highest BCUT2D eigenvalue weighted by molar-refractivity contribution is 6.36. The van der Waals surface area contributed by atoms with Gasteiger partial charge in [-0.2, -0.15) is 0 Å². The third-order valence-corrected chi connectivity index (χ3v) is 5.53. The smallest absolute Gasteiger partial charge is 0.277 e. The normalized spacial score (nSPS) is 11.2. The van der Waals surface area contributed by atoms with Crippen molar-refractivity contribution in [3.05, 3.63) is 92.4 Å². The summed E-state index contributed by atoms with van der Waals surface area (Å²) in [6.45, 7) is 0. The molecule has 1 N–H and O–H groups in total. The van der Waals surface area contributed by atoms with Gasteiger partial charge in [0, 0.05) is 33.6 Å². The molecule has 9 heteroatoms. The van der Waals surface area contributed by atoms with Crippen LogP contribution < -0.4 is 5.56 Å². The quantitative estimate of drug-likeness (QED) is 0.363. The topological polar surface area (TPSA) is 76.5 Å². The molecule has 3 aromatic heterocycles. The lowest BCUT2D eigenvalue weighted by atomic mass is 10.2. The number of nitrogens with one attached hydrogen (secondary N) is 1. The van der Waals surface area contributed by atoms with Crippen molar-refractivity contribution >= 4 is 46.0 Å². The van der Waals surface area contributed by atoms with Crippen LogP contribution in [0.15, 0.2) is 71.8 Å². The molecular formula is C22H12Cl3N5O. The summed E-state index contributed by atoms with van der Waals surface area (Å²) in [4.78, 5) is 29.3. The lowest BCUT2D eigenvalue weighted by molar-refractivity contribution is 1.07. The molecule has 6 nitrogen and oxygen atoms in total.